The van der Waals surface area contributed by atoms with Crippen molar-refractivity contribution >= 4 is 22.6 Å². The van der Waals surface area contributed by atoms with Crippen LogP contribution in [0.1, 0.15) is 26.7 Å². The quantitative estimate of drug-likeness (QED) is 0.543. The molecule has 1 fully saturated rings. The smallest absolute Gasteiger partial charge is 0.0670 e. The molecule has 1 nitrogen and oxygen atoms in total. The Bertz CT molecular complexity index is 116. The topological polar surface area (TPSA) is 9.23 Å². The molecule has 0 aromatic carbocycles. The van der Waals surface area contributed by atoms with Crippen LogP contribution in [0, 0.1) is 5.41 Å². The van der Waals surface area contributed by atoms with Crippen molar-refractivity contribution in [3.8, 4) is 0 Å². The average Bonchev–Trinajstić information content (AvgIpc) is 2.33. The average molecular weight is 254 g/mol. The van der Waals surface area contributed by atoms with Gasteiger partial charge in [0.05, 0.1) is 12.7 Å². The van der Waals surface area contributed by atoms with Crippen LogP contribution < -0.4 is 0 Å². The molecule has 1 aliphatic rings. The van der Waals surface area contributed by atoms with E-state index in [9.17, 15) is 0 Å². The van der Waals surface area contributed by atoms with Crippen molar-refractivity contribution in [2.24, 2.45) is 5.41 Å². The van der Waals surface area contributed by atoms with Gasteiger partial charge in [0.2, 0.25) is 0 Å². The SMILES string of the molecule is CC[C@]1(C)CO[C@@H](CI)C1. The minimum absolute atomic E-state index is 0.482. The van der Waals surface area contributed by atoms with E-state index < -0.39 is 0 Å². The largest absolute Gasteiger partial charge is 0.377 e. The molecular weight excluding hydrogens is 239 g/mol. The van der Waals surface area contributed by atoms with Crippen molar-refractivity contribution < 1.29 is 4.74 Å². The minimum atomic E-state index is 0.482. The Morgan fingerprint density at radius 2 is 2.40 bits per heavy atom. The molecule has 0 aromatic heterocycles. The van der Waals surface area contributed by atoms with Crippen LogP contribution in [-0.2, 0) is 4.74 Å². The van der Waals surface area contributed by atoms with Gasteiger partial charge in [0.15, 0.2) is 0 Å². The normalized spacial score (nSPS) is 40.5. The maximum absolute atomic E-state index is 5.60. The van der Waals surface area contributed by atoms with E-state index in [2.05, 4.69) is 36.4 Å². The molecule has 0 unspecified atom stereocenters. The van der Waals surface area contributed by atoms with E-state index in [1.165, 1.54) is 12.8 Å². The number of rotatable bonds is 2. The summed E-state index contributed by atoms with van der Waals surface area (Å²) in [5.74, 6) is 0. The first-order chi connectivity index (χ1) is 4.70. The predicted molar refractivity (Wildman–Crippen MR) is 51.6 cm³/mol. The van der Waals surface area contributed by atoms with Gasteiger partial charge in [-0.25, -0.2) is 0 Å². The lowest BCUT2D eigenvalue weighted by Gasteiger charge is -2.18. The monoisotopic (exact) mass is 254 g/mol. The third kappa shape index (κ3) is 1.84. The summed E-state index contributed by atoms with van der Waals surface area (Å²) in [6.07, 6.45) is 3.04. The van der Waals surface area contributed by atoms with E-state index in [0.29, 0.717) is 11.5 Å². The standard InChI is InChI=1S/C8H15IO/c1-3-8(2)4-7(5-9)10-6-8/h7H,3-6H2,1-2H3/t7-,8+/m1/s1. The molecule has 10 heavy (non-hydrogen) atoms. The highest BCUT2D eigenvalue weighted by Gasteiger charge is 2.33. The Balaban J connectivity index is 2.41. The molecule has 60 valence electrons. The number of hydrogen-bond donors (Lipinski definition) is 0. The molecule has 2 atom stereocenters. The second-order valence-corrected chi connectivity index (χ2v) is 4.34. The zero-order valence-electron chi connectivity index (χ0n) is 6.69. The van der Waals surface area contributed by atoms with Gasteiger partial charge < -0.3 is 4.74 Å². The summed E-state index contributed by atoms with van der Waals surface area (Å²) in [5, 5.41) is 0. The molecule has 1 rings (SSSR count). The lowest BCUT2D eigenvalue weighted by molar-refractivity contribution is 0.112. The molecule has 0 radical (unpaired) electrons. The summed E-state index contributed by atoms with van der Waals surface area (Å²) in [6, 6.07) is 0. The lowest BCUT2D eigenvalue weighted by atomic mass is 9.85. The van der Waals surface area contributed by atoms with Gasteiger partial charge in [-0.15, -0.1) is 0 Å². The fourth-order valence-electron chi connectivity index (χ4n) is 1.33. The fourth-order valence-corrected chi connectivity index (χ4v) is 1.90. The van der Waals surface area contributed by atoms with Crippen molar-refractivity contribution in [3.63, 3.8) is 0 Å². The van der Waals surface area contributed by atoms with E-state index in [1.807, 2.05) is 0 Å². The van der Waals surface area contributed by atoms with Crippen LogP contribution in [0.25, 0.3) is 0 Å². The zero-order chi connectivity index (χ0) is 7.61. The van der Waals surface area contributed by atoms with E-state index >= 15 is 0 Å². The molecule has 1 heterocycles. The molecule has 0 aromatic rings. The van der Waals surface area contributed by atoms with Gasteiger partial charge in [-0.1, -0.05) is 36.4 Å². The molecule has 1 saturated heterocycles. The van der Waals surface area contributed by atoms with Gasteiger partial charge in [-0.3, -0.25) is 0 Å². The van der Waals surface area contributed by atoms with E-state index in [0.717, 1.165) is 11.0 Å². The van der Waals surface area contributed by atoms with Crippen molar-refractivity contribution in [3.05, 3.63) is 0 Å². The van der Waals surface area contributed by atoms with Crippen LogP contribution in [0.3, 0.4) is 0 Å². The second-order valence-electron chi connectivity index (χ2n) is 3.46. The van der Waals surface area contributed by atoms with E-state index in [-0.39, 0.29) is 0 Å². The van der Waals surface area contributed by atoms with Crippen LogP contribution in [0.2, 0.25) is 0 Å². The van der Waals surface area contributed by atoms with Crippen molar-refractivity contribution in [1.82, 2.24) is 0 Å². The molecular formula is C8H15IO. The maximum atomic E-state index is 5.60. The highest BCUT2D eigenvalue weighted by molar-refractivity contribution is 14.1. The molecule has 0 saturated carbocycles. The van der Waals surface area contributed by atoms with Gasteiger partial charge in [0.1, 0.15) is 0 Å². The summed E-state index contributed by atoms with van der Waals surface area (Å²) in [6.45, 7) is 5.54. The fraction of sp³-hybridized carbons (Fsp3) is 1.00. The summed E-state index contributed by atoms with van der Waals surface area (Å²) in [5.41, 5.74) is 0.482. The minimum Gasteiger partial charge on any atom is -0.377 e. The van der Waals surface area contributed by atoms with Crippen LogP contribution >= 0.6 is 22.6 Å². The first kappa shape index (κ1) is 8.78. The Morgan fingerprint density at radius 1 is 1.70 bits per heavy atom. The molecule has 1 aliphatic heterocycles. The summed E-state index contributed by atoms with van der Waals surface area (Å²) < 4.78 is 6.75. The second kappa shape index (κ2) is 3.39. The molecule has 0 aliphatic carbocycles. The number of ether oxygens (including phenoxy) is 1. The maximum Gasteiger partial charge on any atom is 0.0670 e. The summed E-state index contributed by atoms with van der Waals surface area (Å²) >= 11 is 2.40. The van der Waals surface area contributed by atoms with Crippen LogP contribution in [0.15, 0.2) is 0 Å². The molecule has 0 amide bonds. The highest BCUT2D eigenvalue weighted by Crippen LogP contribution is 2.35. The Kier molecular flexibility index (Phi) is 2.98. The van der Waals surface area contributed by atoms with Gasteiger partial charge in [0, 0.05) is 4.43 Å². The lowest BCUT2D eigenvalue weighted by Crippen LogP contribution is -2.14. The first-order valence-electron chi connectivity index (χ1n) is 3.88. The van der Waals surface area contributed by atoms with Crippen LogP contribution in [0.5, 0.6) is 0 Å². The number of alkyl halides is 1. The predicted octanol–water partition coefficient (Wildman–Crippen LogP) is 2.63. The molecule has 0 N–H and O–H groups in total. The highest BCUT2D eigenvalue weighted by atomic mass is 127. The Labute approximate surface area is 76.7 Å². The summed E-state index contributed by atoms with van der Waals surface area (Å²) in [7, 11) is 0. The third-order valence-electron chi connectivity index (χ3n) is 2.41. The van der Waals surface area contributed by atoms with Crippen molar-refractivity contribution in [1.29, 1.82) is 0 Å². The van der Waals surface area contributed by atoms with Crippen LogP contribution in [-0.4, -0.2) is 17.1 Å². The third-order valence-corrected chi connectivity index (χ3v) is 3.40. The Hall–Kier alpha value is 0.690. The van der Waals surface area contributed by atoms with Crippen molar-refractivity contribution in [2.75, 3.05) is 11.0 Å². The van der Waals surface area contributed by atoms with Gasteiger partial charge in [-0.2, -0.15) is 0 Å². The first-order valence-corrected chi connectivity index (χ1v) is 5.40. The van der Waals surface area contributed by atoms with E-state index in [1.54, 1.807) is 0 Å². The molecule has 0 spiro atoms. The van der Waals surface area contributed by atoms with E-state index in [4.69, 9.17) is 4.74 Å². The van der Waals surface area contributed by atoms with Crippen LogP contribution in [0.4, 0.5) is 0 Å². The zero-order valence-corrected chi connectivity index (χ0v) is 8.85. The number of halogens is 1. The molecule has 2 heteroatoms. The molecule has 0 bridgehead atoms. The van der Waals surface area contributed by atoms with Gasteiger partial charge in [-0.05, 0) is 18.3 Å². The van der Waals surface area contributed by atoms with Gasteiger partial charge >= 0.3 is 0 Å². The number of hydrogen-bond acceptors (Lipinski definition) is 1. The Morgan fingerprint density at radius 3 is 2.70 bits per heavy atom. The van der Waals surface area contributed by atoms with Gasteiger partial charge in [0.25, 0.3) is 0 Å². The summed E-state index contributed by atoms with van der Waals surface area (Å²) in [4.78, 5) is 0. The van der Waals surface area contributed by atoms with Crippen molar-refractivity contribution in [2.45, 2.75) is 32.8 Å².